The molecule has 0 saturated carbocycles. The van der Waals surface area contributed by atoms with E-state index >= 15 is 0 Å². The Kier molecular flexibility index (Phi) is 3.65. The zero-order chi connectivity index (χ0) is 14.7. The quantitative estimate of drug-likeness (QED) is 0.787. The maximum absolute atomic E-state index is 5.84. The molecule has 0 atom stereocenters. The van der Waals surface area contributed by atoms with Crippen LogP contribution < -0.4 is 5.73 Å². The van der Waals surface area contributed by atoms with Gasteiger partial charge in [0, 0.05) is 17.3 Å². The molecule has 3 nitrogen and oxygen atoms in total. The van der Waals surface area contributed by atoms with Gasteiger partial charge in [-0.3, -0.25) is 0 Å². The summed E-state index contributed by atoms with van der Waals surface area (Å²) < 4.78 is 0. The van der Waals surface area contributed by atoms with Crippen LogP contribution in [-0.2, 0) is 6.42 Å². The minimum atomic E-state index is 0.518. The lowest BCUT2D eigenvalue weighted by Gasteiger charge is -2.06. The molecule has 1 aromatic heterocycles. The van der Waals surface area contributed by atoms with Crippen LogP contribution in [0.15, 0.2) is 60.7 Å². The Morgan fingerprint density at radius 2 is 1.43 bits per heavy atom. The van der Waals surface area contributed by atoms with E-state index in [9.17, 15) is 0 Å². The number of nitrogens with zero attached hydrogens (tertiary/aromatic N) is 2. The molecule has 2 aromatic carbocycles. The molecule has 0 fully saturated rings. The summed E-state index contributed by atoms with van der Waals surface area (Å²) >= 11 is 0. The van der Waals surface area contributed by atoms with Gasteiger partial charge in [0.2, 0.25) is 0 Å². The predicted octanol–water partition coefficient (Wildman–Crippen LogP) is 3.96. The van der Waals surface area contributed by atoms with Crippen LogP contribution in [0.25, 0.3) is 22.5 Å². The van der Waals surface area contributed by atoms with E-state index in [1.807, 2.05) is 36.4 Å². The molecule has 3 aromatic rings. The van der Waals surface area contributed by atoms with Crippen molar-refractivity contribution >= 4 is 5.82 Å². The van der Waals surface area contributed by atoms with Gasteiger partial charge in [0.1, 0.15) is 5.82 Å². The summed E-state index contributed by atoms with van der Waals surface area (Å²) in [5.41, 5.74) is 10.2. The van der Waals surface area contributed by atoms with Crippen molar-refractivity contribution < 1.29 is 0 Å². The van der Waals surface area contributed by atoms with Gasteiger partial charge in [-0.25, -0.2) is 9.97 Å². The number of anilines is 1. The molecular formula is C18H17N3. The van der Waals surface area contributed by atoms with E-state index in [0.29, 0.717) is 11.6 Å². The molecule has 0 amide bonds. The lowest BCUT2D eigenvalue weighted by molar-refractivity contribution is 1.01. The van der Waals surface area contributed by atoms with E-state index in [-0.39, 0.29) is 0 Å². The molecule has 0 aliphatic carbocycles. The first-order chi connectivity index (χ1) is 10.3. The van der Waals surface area contributed by atoms with Gasteiger partial charge in [-0.05, 0) is 17.5 Å². The smallest absolute Gasteiger partial charge is 0.161 e. The highest BCUT2D eigenvalue weighted by molar-refractivity contribution is 5.68. The summed E-state index contributed by atoms with van der Waals surface area (Å²) in [5.74, 6) is 1.20. The second-order valence-electron chi connectivity index (χ2n) is 4.90. The van der Waals surface area contributed by atoms with Crippen molar-refractivity contribution in [2.75, 3.05) is 5.73 Å². The Morgan fingerprint density at radius 3 is 2.10 bits per heavy atom. The highest BCUT2D eigenvalue weighted by Gasteiger charge is 2.05. The van der Waals surface area contributed by atoms with Gasteiger partial charge in [0.05, 0.1) is 0 Å². The van der Waals surface area contributed by atoms with Crippen LogP contribution in [0, 0.1) is 0 Å². The largest absolute Gasteiger partial charge is 0.384 e. The number of rotatable bonds is 3. The van der Waals surface area contributed by atoms with Crippen molar-refractivity contribution in [2.24, 2.45) is 0 Å². The second-order valence-corrected chi connectivity index (χ2v) is 4.90. The average Bonchev–Trinajstić information content (AvgIpc) is 2.55. The van der Waals surface area contributed by atoms with Crippen molar-refractivity contribution in [3.8, 4) is 22.5 Å². The fourth-order valence-corrected chi connectivity index (χ4v) is 2.27. The summed E-state index contributed by atoms with van der Waals surface area (Å²) in [4.78, 5) is 8.85. The van der Waals surface area contributed by atoms with Crippen LogP contribution in [0.5, 0.6) is 0 Å². The summed E-state index contributed by atoms with van der Waals surface area (Å²) in [7, 11) is 0. The van der Waals surface area contributed by atoms with Crippen molar-refractivity contribution in [1.29, 1.82) is 0 Å². The van der Waals surface area contributed by atoms with Crippen molar-refractivity contribution in [2.45, 2.75) is 13.3 Å². The number of hydrogen-bond acceptors (Lipinski definition) is 3. The SMILES string of the molecule is CCc1cc(N)nc(-c2ccc(-c3ccccc3)cc2)n1. The van der Waals surface area contributed by atoms with Gasteiger partial charge < -0.3 is 5.73 Å². The summed E-state index contributed by atoms with van der Waals surface area (Å²) in [5, 5.41) is 0. The third kappa shape index (κ3) is 2.92. The minimum Gasteiger partial charge on any atom is -0.384 e. The first-order valence-electron chi connectivity index (χ1n) is 7.05. The maximum atomic E-state index is 5.84. The molecule has 0 bridgehead atoms. The Balaban J connectivity index is 1.96. The van der Waals surface area contributed by atoms with Crippen LogP contribution in [-0.4, -0.2) is 9.97 Å². The van der Waals surface area contributed by atoms with Gasteiger partial charge in [0.15, 0.2) is 5.82 Å². The van der Waals surface area contributed by atoms with E-state index in [0.717, 1.165) is 17.7 Å². The Bertz CT molecular complexity index is 734. The number of hydrogen-bond donors (Lipinski definition) is 1. The van der Waals surface area contributed by atoms with Crippen molar-refractivity contribution in [3.63, 3.8) is 0 Å². The minimum absolute atomic E-state index is 0.518. The normalized spacial score (nSPS) is 10.5. The number of nitrogen functional groups attached to an aromatic ring is 1. The first kappa shape index (κ1) is 13.3. The lowest BCUT2D eigenvalue weighted by Crippen LogP contribution is -1.99. The lowest BCUT2D eigenvalue weighted by atomic mass is 10.0. The standard InChI is InChI=1S/C18H17N3/c1-2-16-12-17(19)21-18(20-16)15-10-8-14(9-11-15)13-6-4-3-5-7-13/h3-12H,2H2,1H3,(H2,19,20,21). The topological polar surface area (TPSA) is 51.8 Å². The third-order valence-electron chi connectivity index (χ3n) is 3.41. The van der Waals surface area contributed by atoms with E-state index in [1.165, 1.54) is 11.1 Å². The Morgan fingerprint density at radius 1 is 0.810 bits per heavy atom. The average molecular weight is 275 g/mol. The molecule has 2 N–H and O–H groups in total. The van der Waals surface area contributed by atoms with E-state index in [4.69, 9.17) is 5.73 Å². The van der Waals surface area contributed by atoms with Crippen LogP contribution in [0.3, 0.4) is 0 Å². The molecule has 0 aliphatic rings. The molecule has 21 heavy (non-hydrogen) atoms. The predicted molar refractivity (Wildman–Crippen MR) is 86.7 cm³/mol. The summed E-state index contributed by atoms with van der Waals surface area (Å²) in [6.45, 7) is 2.06. The summed E-state index contributed by atoms with van der Waals surface area (Å²) in [6, 6.07) is 20.4. The van der Waals surface area contributed by atoms with Gasteiger partial charge in [-0.2, -0.15) is 0 Å². The molecule has 0 aliphatic heterocycles. The first-order valence-corrected chi connectivity index (χ1v) is 7.05. The monoisotopic (exact) mass is 275 g/mol. The van der Waals surface area contributed by atoms with Gasteiger partial charge in [0.25, 0.3) is 0 Å². The fraction of sp³-hybridized carbons (Fsp3) is 0.111. The number of aryl methyl sites for hydroxylation is 1. The molecule has 0 spiro atoms. The second kappa shape index (κ2) is 5.75. The van der Waals surface area contributed by atoms with Crippen molar-refractivity contribution in [3.05, 3.63) is 66.4 Å². The van der Waals surface area contributed by atoms with Crippen LogP contribution in [0.4, 0.5) is 5.82 Å². The van der Waals surface area contributed by atoms with Gasteiger partial charge in [-0.15, -0.1) is 0 Å². The van der Waals surface area contributed by atoms with E-state index in [2.05, 4.69) is 41.2 Å². The summed E-state index contributed by atoms with van der Waals surface area (Å²) in [6.07, 6.45) is 0.849. The number of aromatic nitrogens is 2. The molecule has 0 unspecified atom stereocenters. The Labute approximate surface area is 124 Å². The highest BCUT2D eigenvalue weighted by atomic mass is 14.9. The van der Waals surface area contributed by atoms with Crippen LogP contribution >= 0.6 is 0 Å². The molecule has 0 radical (unpaired) electrons. The molecule has 3 heteroatoms. The number of nitrogens with two attached hydrogens (primary N) is 1. The maximum Gasteiger partial charge on any atom is 0.161 e. The molecule has 3 rings (SSSR count). The van der Waals surface area contributed by atoms with Gasteiger partial charge >= 0.3 is 0 Å². The molecule has 1 heterocycles. The fourth-order valence-electron chi connectivity index (χ4n) is 2.27. The molecule has 104 valence electrons. The van der Waals surface area contributed by atoms with Gasteiger partial charge in [-0.1, -0.05) is 61.5 Å². The van der Waals surface area contributed by atoms with Crippen molar-refractivity contribution in [1.82, 2.24) is 9.97 Å². The molecule has 0 saturated heterocycles. The number of benzene rings is 2. The van der Waals surface area contributed by atoms with Crippen LogP contribution in [0.1, 0.15) is 12.6 Å². The van der Waals surface area contributed by atoms with Crippen LogP contribution in [0.2, 0.25) is 0 Å². The zero-order valence-electron chi connectivity index (χ0n) is 12.0. The highest BCUT2D eigenvalue weighted by Crippen LogP contribution is 2.23. The zero-order valence-corrected chi connectivity index (χ0v) is 12.0. The third-order valence-corrected chi connectivity index (χ3v) is 3.41. The molecular weight excluding hydrogens is 258 g/mol. The Hall–Kier alpha value is -2.68. The van der Waals surface area contributed by atoms with E-state index in [1.54, 1.807) is 0 Å². The van der Waals surface area contributed by atoms with E-state index < -0.39 is 0 Å².